The van der Waals surface area contributed by atoms with Crippen LogP contribution in [-0.2, 0) is 9.59 Å². The van der Waals surface area contributed by atoms with Crippen LogP contribution < -0.4 is 16.4 Å². The fraction of sp³-hybridized carbons (Fsp3) is 0.556. The molecule has 0 aromatic heterocycles. The van der Waals surface area contributed by atoms with Crippen LogP contribution in [0.4, 0.5) is 0 Å². The van der Waals surface area contributed by atoms with E-state index in [9.17, 15) is 9.59 Å². The monoisotopic (exact) mass is 332 g/mol. The number of nitrogens with two attached hydrogens (primary N) is 1. The average molecular weight is 332 g/mol. The van der Waals surface area contributed by atoms with Crippen molar-refractivity contribution in [3.8, 4) is 0 Å². The Labute approximate surface area is 143 Å². The van der Waals surface area contributed by atoms with Gasteiger partial charge in [-0.15, -0.1) is 0 Å². The number of likely N-dealkylation sites (N-methyl/N-ethyl adjacent to an activating group) is 1. The second-order valence-corrected chi connectivity index (χ2v) is 7.12. The molecule has 6 nitrogen and oxygen atoms in total. The summed E-state index contributed by atoms with van der Waals surface area (Å²) in [5.74, 6) is -0.380. The second kappa shape index (κ2) is 7.77. The molecule has 132 valence electrons. The molecule has 6 heteroatoms. The zero-order valence-corrected chi connectivity index (χ0v) is 14.7. The van der Waals surface area contributed by atoms with Gasteiger partial charge in [0.15, 0.2) is 0 Å². The second-order valence-electron chi connectivity index (χ2n) is 7.12. The fourth-order valence-electron chi connectivity index (χ4n) is 3.12. The van der Waals surface area contributed by atoms with Crippen LogP contribution in [0.5, 0.6) is 0 Å². The van der Waals surface area contributed by atoms with Crippen molar-refractivity contribution in [3.05, 3.63) is 35.9 Å². The molecule has 1 heterocycles. The first-order chi connectivity index (χ1) is 11.3. The van der Waals surface area contributed by atoms with Gasteiger partial charge in [0.1, 0.15) is 6.04 Å². The van der Waals surface area contributed by atoms with E-state index in [1.807, 2.05) is 30.3 Å². The van der Waals surface area contributed by atoms with Crippen LogP contribution in [0.15, 0.2) is 30.3 Å². The zero-order valence-electron chi connectivity index (χ0n) is 14.7. The third-order valence-corrected chi connectivity index (χ3v) is 4.71. The highest BCUT2D eigenvalue weighted by atomic mass is 16.2. The minimum atomic E-state index is -0.677. The molecular weight excluding hydrogens is 304 g/mol. The average Bonchev–Trinajstić information content (AvgIpc) is 2.56. The van der Waals surface area contributed by atoms with Gasteiger partial charge in [-0.25, -0.2) is 0 Å². The number of amides is 2. The number of nitrogens with zero attached hydrogens (tertiary/aromatic N) is 1. The molecule has 1 aliphatic rings. The summed E-state index contributed by atoms with van der Waals surface area (Å²) in [6.07, 6.45) is 0.873. The Morgan fingerprint density at radius 1 is 1.33 bits per heavy atom. The molecule has 2 atom stereocenters. The lowest BCUT2D eigenvalue weighted by Gasteiger charge is -2.42. The highest BCUT2D eigenvalue weighted by Gasteiger charge is 2.34. The maximum absolute atomic E-state index is 12.4. The predicted molar refractivity (Wildman–Crippen MR) is 94.2 cm³/mol. The van der Waals surface area contributed by atoms with Gasteiger partial charge in [-0.1, -0.05) is 44.2 Å². The number of hydrogen-bond donors (Lipinski definition) is 3. The van der Waals surface area contributed by atoms with Gasteiger partial charge in [0.2, 0.25) is 11.8 Å². The van der Waals surface area contributed by atoms with Gasteiger partial charge in [-0.05, 0) is 17.4 Å². The van der Waals surface area contributed by atoms with Gasteiger partial charge >= 0.3 is 0 Å². The Bertz CT molecular complexity index is 574. The third-order valence-electron chi connectivity index (χ3n) is 4.71. The number of benzene rings is 1. The van der Waals surface area contributed by atoms with Gasteiger partial charge in [0.05, 0.1) is 6.54 Å². The molecule has 1 aromatic carbocycles. The molecule has 2 rings (SSSR count). The number of piperidine rings is 1. The van der Waals surface area contributed by atoms with Crippen LogP contribution in [0, 0.1) is 5.41 Å². The summed E-state index contributed by atoms with van der Waals surface area (Å²) in [6.45, 7) is 6.10. The number of carbonyl (C=O) groups excluding carboxylic acids is 2. The minimum absolute atomic E-state index is 0.0157. The predicted octanol–water partition coefficient (Wildman–Crippen LogP) is 0.649. The fourth-order valence-corrected chi connectivity index (χ4v) is 3.12. The Balaban J connectivity index is 2.00. The van der Waals surface area contributed by atoms with Crippen LogP contribution in [0.1, 0.15) is 31.9 Å². The first-order valence-electron chi connectivity index (χ1n) is 8.37. The molecule has 2 amide bonds. The van der Waals surface area contributed by atoms with Crippen molar-refractivity contribution >= 4 is 11.8 Å². The summed E-state index contributed by atoms with van der Waals surface area (Å²) in [5, 5.41) is 5.45. The first-order valence-corrected chi connectivity index (χ1v) is 8.37. The highest BCUT2D eigenvalue weighted by Crippen LogP contribution is 2.27. The third kappa shape index (κ3) is 4.55. The molecular formula is C18H28N4O2. The molecule has 1 aliphatic heterocycles. The molecule has 0 radical (unpaired) electrons. The van der Waals surface area contributed by atoms with Crippen LogP contribution in [0.25, 0.3) is 0 Å². The van der Waals surface area contributed by atoms with E-state index in [2.05, 4.69) is 29.4 Å². The van der Waals surface area contributed by atoms with Crippen LogP contribution in [-0.4, -0.2) is 49.4 Å². The van der Waals surface area contributed by atoms with Crippen molar-refractivity contribution in [2.75, 3.05) is 26.7 Å². The molecule has 0 aliphatic carbocycles. The van der Waals surface area contributed by atoms with Crippen molar-refractivity contribution in [1.29, 1.82) is 0 Å². The lowest BCUT2D eigenvalue weighted by atomic mass is 9.80. The summed E-state index contributed by atoms with van der Waals surface area (Å²) in [5.41, 5.74) is 6.89. The van der Waals surface area contributed by atoms with Crippen molar-refractivity contribution in [1.82, 2.24) is 15.5 Å². The number of carbonyl (C=O) groups is 2. The molecule has 2 unspecified atom stereocenters. The summed E-state index contributed by atoms with van der Waals surface area (Å²) in [4.78, 5) is 26.7. The van der Waals surface area contributed by atoms with E-state index in [0.717, 1.165) is 25.1 Å². The summed E-state index contributed by atoms with van der Waals surface area (Å²) >= 11 is 0. The molecule has 1 aromatic rings. The molecule has 0 bridgehead atoms. The Kier molecular flexibility index (Phi) is 5.96. The SMILES string of the molecule is CNC(=O)C(NC(=O)CN1CCC(N)C(C)(C)C1)c1ccccc1. The van der Waals surface area contributed by atoms with Gasteiger partial charge < -0.3 is 16.4 Å². The van der Waals surface area contributed by atoms with Crippen molar-refractivity contribution in [2.24, 2.45) is 11.1 Å². The molecule has 1 fully saturated rings. The molecule has 0 spiro atoms. The van der Waals surface area contributed by atoms with E-state index >= 15 is 0 Å². The van der Waals surface area contributed by atoms with E-state index in [-0.39, 0.29) is 29.8 Å². The Hall–Kier alpha value is -1.92. The van der Waals surface area contributed by atoms with Gasteiger partial charge in [0.25, 0.3) is 0 Å². The summed E-state index contributed by atoms with van der Waals surface area (Å²) in [6, 6.07) is 8.74. The largest absolute Gasteiger partial charge is 0.357 e. The molecule has 4 N–H and O–H groups in total. The lowest BCUT2D eigenvalue weighted by molar-refractivity contribution is -0.130. The quantitative estimate of drug-likeness (QED) is 0.739. The van der Waals surface area contributed by atoms with Gasteiger partial charge in [-0.2, -0.15) is 0 Å². The maximum Gasteiger partial charge on any atom is 0.246 e. The smallest absolute Gasteiger partial charge is 0.246 e. The summed E-state index contributed by atoms with van der Waals surface area (Å²) < 4.78 is 0. The molecule has 24 heavy (non-hydrogen) atoms. The van der Waals surface area contributed by atoms with E-state index in [4.69, 9.17) is 5.73 Å². The number of likely N-dealkylation sites (tertiary alicyclic amines) is 1. The number of nitrogens with one attached hydrogen (secondary N) is 2. The molecule has 1 saturated heterocycles. The number of rotatable bonds is 5. The normalized spacial score (nSPS) is 21.8. The van der Waals surface area contributed by atoms with Crippen LogP contribution in [0.3, 0.4) is 0 Å². The van der Waals surface area contributed by atoms with Crippen molar-refractivity contribution in [3.63, 3.8) is 0 Å². The Morgan fingerprint density at radius 2 is 2.00 bits per heavy atom. The van der Waals surface area contributed by atoms with Crippen molar-refractivity contribution in [2.45, 2.75) is 32.4 Å². The Morgan fingerprint density at radius 3 is 2.58 bits per heavy atom. The van der Waals surface area contributed by atoms with Gasteiger partial charge in [0, 0.05) is 26.2 Å². The standard InChI is InChI=1S/C18H28N4O2/c1-18(2)12-22(10-9-14(18)19)11-15(23)21-16(17(24)20-3)13-7-5-4-6-8-13/h4-8,14,16H,9-12,19H2,1-3H3,(H,20,24)(H,21,23). The number of hydrogen-bond acceptors (Lipinski definition) is 4. The lowest BCUT2D eigenvalue weighted by Crippen LogP contribution is -2.54. The molecule has 0 saturated carbocycles. The zero-order chi connectivity index (χ0) is 17.7. The summed E-state index contributed by atoms with van der Waals surface area (Å²) in [7, 11) is 1.57. The van der Waals surface area contributed by atoms with E-state index < -0.39 is 6.04 Å². The van der Waals surface area contributed by atoms with Crippen molar-refractivity contribution < 1.29 is 9.59 Å². The maximum atomic E-state index is 12.4. The minimum Gasteiger partial charge on any atom is -0.357 e. The first kappa shape index (κ1) is 18.4. The van der Waals surface area contributed by atoms with Crippen LogP contribution in [0.2, 0.25) is 0 Å². The van der Waals surface area contributed by atoms with E-state index in [1.165, 1.54) is 0 Å². The van der Waals surface area contributed by atoms with Crippen LogP contribution >= 0.6 is 0 Å². The van der Waals surface area contributed by atoms with E-state index in [0.29, 0.717) is 0 Å². The van der Waals surface area contributed by atoms with E-state index in [1.54, 1.807) is 7.05 Å². The highest BCUT2D eigenvalue weighted by molar-refractivity contribution is 5.89. The van der Waals surface area contributed by atoms with Gasteiger partial charge in [-0.3, -0.25) is 14.5 Å². The topological polar surface area (TPSA) is 87.5 Å².